The maximum absolute atomic E-state index is 12.0. The highest BCUT2D eigenvalue weighted by atomic mass is 35.5. The lowest BCUT2D eigenvalue weighted by atomic mass is 9.97. The highest BCUT2D eigenvalue weighted by Crippen LogP contribution is 2.17. The molecule has 1 aromatic carbocycles. The van der Waals surface area contributed by atoms with Crippen molar-refractivity contribution in [2.75, 3.05) is 19.7 Å². The van der Waals surface area contributed by atoms with Crippen LogP contribution in [0.15, 0.2) is 24.3 Å². The molecule has 0 aliphatic carbocycles. The SMILES string of the molecule is O=C(O)C1CCN(C(=O)COCc2ccc(Cl)cc2)CC1. The molecule has 0 atom stereocenters. The Morgan fingerprint density at radius 2 is 1.86 bits per heavy atom. The van der Waals surface area contributed by atoms with Crippen LogP contribution in [0.25, 0.3) is 0 Å². The van der Waals surface area contributed by atoms with Crippen molar-refractivity contribution in [2.24, 2.45) is 5.92 Å². The Labute approximate surface area is 128 Å². The summed E-state index contributed by atoms with van der Waals surface area (Å²) in [5, 5.41) is 9.58. The summed E-state index contributed by atoms with van der Waals surface area (Å²) in [6.07, 6.45) is 1.02. The molecule has 1 saturated heterocycles. The second-order valence-electron chi connectivity index (χ2n) is 5.11. The van der Waals surface area contributed by atoms with Crippen molar-refractivity contribution < 1.29 is 19.4 Å². The van der Waals surface area contributed by atoms with Gasteiger partial charge in [0.1, 0.15) is 6.61 Å². The molecular formula is C15H18ClNO4. The Balaban J connectivity index is 1.70. The van der Waals surface area contributed by atoms with Crippen molar-refractivity contribution in [3.63, 3.8) is 0 Å². The lowest BCUT2D eigenvalue weighted by Crippen LogP contribution is -2.41. The average Bonchev–Trinajstić information content (AvgIpc) is 2.49. The van der Waals surface area contributed by atoms with E-state index in [0.717, 1.165) is 5.56 Å². The van der Waals surface area contributed by atoms with Gasteiger partial charge in [0.2, 0.25) is 5.91 Å². The minimum absolute atomic E-state index is 0.0143. The van der Waals surface area contributed by atoms with E-state index in [4.69, 9.17) is 21.4 Å². The van der Waals surface area contributed by atoms with E-state index >= 15 is 0 Å². The number of amides is 1. The van der Waals surface area contributed by atoms with E-state index in [1.54, 1.807) is 17.0 Å². The van der Waals surface area contributed by atoms with Gasteiger partial charge in [-0.25, -0.2) is 0 Å². The normalized spacial score (nSPS) is 16.0. The molecule has 1 N–H and O–H groups in total. The number of piperidine rings is 1. The Morgan fingerprint density at radius 3 is 2.43 bits per heavy atom. The van der Waals surface area contributed by atoms with E-state index in [0.29, 0.717) is 37.6 Å². The van der Waals surface area contributed by atoms with Crippen LogP contribution in [-0.2, 0) is 20.9 Å². The number of aliphatic carboxylic acids is 1. The number of benzene rings is 1. The first-order valence-corrected chi connectivity index (χ1v) is 7.27. The highest BCUT2D eigenvalue weighted by Gasteiger charge is 2.26. The second-order valence-corrected chi connectivity index (χ2v) is 5.55. The van der Waals surface area contributed by atoms with Gasteiger partial charge in [-0.3, -0.25) is 9.59 Å². The number of carbonyl (C=O) groups excluding carboxylic acids is 1. The molecule has 0 bridgehead atoms. The molecule has 2 rings (SSSR count). The van der Waals surface area contributed by atoms with Gasteiger partial charge in [0.05, 0.1) is 12.5 Å². The topological polar surface area (TPSA) is 66.8 Å². The zero-order valence-corrected chi connectivity index (χ0v) is 12.4. The van der Waals surface area contributed by atoms with Crippen LogP contribution in [0, 0.1) is 5.92 Å². The molecule has 1 fully saturated rings. The van der Waals surface area contributed by atoms with Gasteiger partial charge in [-0.2, -0.15) is 0 Å². The number of halogens is 1. The van der Waals surface area contributed by atoms with Crippen LogP contribution < -0.4 is 0 Å². The van der Waals surface area contributed by atoms with E-state index in [1.165, 1.54) is 0 Å². The number of rotatable bonds is 5. The molecule has 1 amide bonds. The molecule has 1 aliphatic heterocycles. The van der Waals surface area contributed by atoms with Crippen molar-refractivity contribution in [2.45, 2.75) is 19.4 Å². The van der Waals surface area contributed by atoms with Crippen molar-refractivity contribution in [1.82, 2.24) is 4.90 Å². The van der Waals surface area contributed by atoms with E-state index in [9.17, 15) is 9.59 Å². The molecule has 0 saturated carbocycles. The number of hydrogen-bond donors (Lipinski definition) is 1. The third-order valence-corrected chi connectivity index (χ3v) is 3.86. The molecule has 0 radical (unpaired) electrons. The monoisotopic (exact) mass is 311 g/mol. The summed E-state index contributed by atoms with van der Waals surface area (Å²) in [6, 6.07) is 7.26. The largest absolute Gasteiger partial charge is 0.481 e. The van der Waals surface area contributed by atoms with Gasteiger partial charge < -0.3 is 14.7 Å². The summed E-state index contributed by atoms with van der Waals surface area (Å²) in [6.45, 7) is 1.34. The van der Waals surface area contributed by atoms with Gasteiger partial charge in [-0.15, -0.1) is 0 Å². The third-order valence-electron chi connectivity index (χ3n) is 3.60. The van der Waals surface area contributed by atoms with Gasteiger partial charge in [0.15, 0.2) is 0 Å². The summed E-state index contributed by atoms with van der Waals surface area (Å²) in [4.78, 5) is 24.5. The maximum Gasteiger partial charge on any atom is 0.306 e. The van der Waals surface area contributed by atoms with Crippen molar-refractivity contribution >= 4 is 23.5 Å². The predicted octanol–water partition coefficient (Wildman–Crippen LogP) is 2.18. The standard InChI is InChI=1S/C15H18ClNO4/c16-13-3-1-11(2-4-13)9-21-10-14(18)17-7-5-12(6-8-17)15(19)20/h1-4,12H,5-10H2,(H,19,20). The fourth-order valence-corrected chi connectivity index (χ4v) is 2.43. The first-order chi connectivity index (χ1) is 10.1. The van der Waals surface area contributed by atoms with Gasteiger partial charge in [0, 0.05) is 18.1 Å². The molecule has 1 aliphatic rings. The summed E-state index contributed by atoms with van der Waals surface area (Å²) >= 11 is 5.79. The van der Waals surface area contributed by atoms with Crippen LogP contribution in [0.2, 0.25) is 5.02 Å². The first kappa shape index (κ1) is 15.8. The zero-order chi connectivity index (χ0) is 15.2. The zero-order valence-electron chi connectivity index (χ0n) is 11.6. The van der Waals surface area contributed by atoms with Crippen molar-refractivity contribution in [1.29, 1.82) is 0 Å². The summed E-state index contributed by atoms with van der Waals surface area (Å²) in [7, 11) is 0. The first-order valence-electron chi connectivity index (χ1n) is 6.89. The number of nitrogens with zero attached hydrogens (tertiary/aromatic N) is 1. The lowest BCUT2D eigenvalue weighted by Gasteiger charge is -2.30. The fourth-order valence-electron chi connectivity index (χ4n) is 2.30. The Morgan fingerprint density at radius 1 is 1.24 bits per heavy atom. The molecule has 1 aromatic rings. The van der Waals surface area contributed by atoms with Crippen LogP contribution in [0.5, 0.6) is 0 Å². The van der Waals surface area contributed by atoms with Crippen LogP contribution in [-0.4, -0.2) is 41.6 Å². The molecular weight excluding hydrogens is 294 g/mol. The number of likely N-dealkylation sites (tertiary alicyclic amines) is 1. The average molecular weight is 312 g/mol. The number of carboxylic acids is 1. The second kappa shape index (κ2) is 7.43. The van der Waals surface area contributed by atoms with Crippen molar-refractivity contribution in [3.8, 4) is 0 Å². The van der Waals surface area contributed by atoms with Crippen LogP contribution in [0.1, 0.15) is 18.4 Å². The van der Waals surface area contributed by atoms with Gasteiger partial charge >= 0.3 is 5.97 Å². The number of carbonyl (C=O) groups is 2. The predicted molar refractivity (Wildman–Crippen MR) is 78.0 cm³/mol. The number of hydrogen-bond acceptors (Lipinski definition) is 3. The summed E-state index contributed by atoms with van der Waals surface area (Å²) in [5.41, 5.74) is 0.955. The highest BCUT2D eigenvalue weighted by molar-refractivity contribution is 6.30. The van der Waals surface area contributed by atoms with Gasteiger partial charge in [-0.05, 0) is 30.5 Å². The summed E-state index contributed by atoms with van der Waals surface area (Å²) in [5.74, 6) is -1.20. The van der Waals surface area contributed by atoms with Gasteiger partial charge in [0.25, 0.3) is 0 Å². The van der Waals surface area contributed by atoms with Crippen LogP contribution in [0.4, 0.5) is 0 Å². The van der Waals surface area contributed by atoms with Crippen LogP contribution >= 0.6 is 11.6 Å². The minimum atomic E-state index is -0.777. The lowest BCUT2D eigenvalue weighted by molar-refractivity contribution is -0.147. The fraction of sp³-hybridized carbons (Fsp3) is 0.467. The number of ether oxygens (including phenoxy) is 1. The van der Waals surface area contributed by atoms with Crippen molar-refractivity contribution in [3.05, 3.63) is 34.9 Å². The molecule has 0 spiro atoms. The van der Waals surface area contributed by atoms with Gasteiger partial charge in [-0.1, -0.05) is 23.7 Å². The van der Waals surface area contributed by atoms with E-state index in [1.807, 2.05) is 12.1 Å². The molecule has 1 heterocycles. The molecule has 6 heteroatoms. The molecule has 0 aromatic heterocycles. The number of carboxylic acid groups (broad SMARTS) is 1. The quantitative estimate of drug-likeness (QED) is 0.905. The van der Waals surface area contributed by atoms with E-state index < -0.39 is 5.97 Å². The Kier molecular flexibility index (Phi) is 5.59. The maximum atomic E-state index is 12.0. The van der Waals surface area contributed by atoms with E-state index in [2.05, 4.69) is 0 Å². The molecule has 21 heavy (non-hydrogen) atoms. The molecule has 0 unspecified atom stereocenters. The third kappa shape index (κ3) is 4.72. The molecule has 5 nitrogen and oxygen atoms in total. The molecule has 114 valence electrons. The summed E-state index contributed by atoms with van der Waals surface area (Å²) < 4.78 is 5.40. The van der Waals surface area contributed by atoms with Crippen LogP contribution in [0.3, 0.4) is 0 Å². The van der Waals surface area contributed by atoms with E-state index in [-0.39, 0.29) is 18.4 Å². The Bertz CT molecular complexity index is 495. The Hall–Kier alpha value is -1.59. The minimum Gasteiger partial charge on any atom is -0.481 e. The smallest absolute Gasteiger partial charge is 0.306 e.